The molecule has 2 aromatic rings. The number of pyridine rings is 1. The van der Waals surface area contributed by atoms with Gasteiger partial charge in [-0.05, 0) is 25.8 Å². The molecule has 1 aliphatic carbocycles. The highest BCUT2D eigenvalue weighted by atomic mass is 19.4. The van der Waals surface area contributed by atoms with Crippen LogP contribution in [0.15, 0.2) is 10.5 Å². The Morgan fingerprint density at radius 1 is 1.15 bits per heavy atom. The molecule has 3 N–H and O–H groups in total. The molecule has 0 aromatic carbocycles. The van der Waals surface area contributed by atoms with Crippen molar-refractivity contribution < 1.29 is 35.9 Å². The molecular formula is C14H12F6N4O2. The Labute approximate surface area is 142 Å². The summed E-state index contributed by atoms with van der Waals surface area (Å²) in [4.78, 5) is 3.82. The molecule has 6 nitrogen and oxygen atoms in total. The van der Waals surface area contributed by atoms with Gasteiger partial charge in [0.25, 0.3) is 11.8 Å². The van der Waals surface area contributed by atoms with Crippen molar-refractivity contribution >= 4 is 5.69 Å². The molecule has 1 saturated carbocycles. The van der Waals surface area contributed by atoms with E-state index in [1.807, 2.05) is 0 Å². The molecule has 1 atom stereocenters. The molecule has 0 bridgehead atoms. The second kappa shape index (κ2) is 5.56. The normalized spacial score (nSPS) is 18.0. The summed E-state index contributed by atoms with van der Waals surface area (Å²) in [7, 11) is 0. The molecule has 1 unspecified atom stereocenters. The molecule has 12 heteroatoms. The third kappa shape index (κ3) is 3.08. The zero-order valence-corrected chi connectivity index (χ0v) is 13.1. The number of nitrogens with two attached hydrogens (primary N) is 1. The van der Waals surface area contributed by atoms with E-state index in [2.05, 4.69) is 15.2 Å². The van der Waals surface area contributed by atoms with Crippen LogP contribution in [0.25, 0.3) is 11.6 Å². The van der Waals surface area contributed by atoms with Gasteiger partial charge in [0.15, 0.2) is 5.69 Å². The van der Waals surface area contributed by atoms with Gasteiger partial charge >= 0.3 is 12.4 Å². The van der Waals surface area contributed by atoms with Crippen molar-refractivity contribution in [2.75, 3.05) is 5.73 Å². The topological polar surface area (TPSA) is 98.1 Å². The van der Waals surface area contributed by atoms with E-state index in [0.717, 1.165) is 0 Å². The Morgan fingerprint density at radius 2 is 1.77 bits per heavy atom. The van der Waals surface area contributed by atoms with E-state index in [9.17, 15) is 31.4 Å². The van der Waals surface area contributed by atoms with Gasteiger partial charge in [0, 0.05) is 5.92 Å². The number of rotatable bonds is 3. The van der Waals surface area contributed by atoms with E-state index in [4.69, 9.17) is 10.2 Å². The zero-order valence-electron chi connectivity index (χ0n) is 13.1. The van der Waals surface area contributed by atoms with E-state index >= 15 is 0 Å². The van der Waals surface area contributed by atoms with Gasteiger partial charge in [-0.2, -0.15) is 26.3 Å². The van der Waals surface area contributed by atoms with Gasteiger partial charge in [0.1, 0.15) is 0 Å². The number of halogens is 6. The van der Waals surface area contributed by atoms with Crippen LogP contribution >= 0.6 is 0 Å². The van der Waals surface area contributed by atoms with Gasteiger partial charge in [-0.1, -0.05) is 0 Å². The second-order valence-electron chi connectivity index (χ2n) is 6.11. The SMILES string of the molecule is CC(O)(c1nnc(-c2nc(C3CC3)c(C(F)(F)F)cc2N)o1)C(F)(F)F. The number of nitrogen functional groups attached to an aromatic ring is 1. The monoisotopic (exact) mass is 382 g/mol. The lowest BCUT2D eigenvalue weighted by Crippen LogP contribution is -2.39. The first-order valence-corrected chi connectivity index (χ1v) is 7.33. The summed E-state index contributed by atoms with van der Waals surface area (Å²) in [6.45, 7) is 0.406. The van der Waals surface area contributed by atoms with Crippen molar-refractivity contribution in [3.05, 3.63) is 23.2 Å². The van der Waals surface area contributed by atoms with Crippen molar-refractivity contribution in [2.24, 2.45) is 0 Å². The van der Waals surface area contributed by atoms with Crippen molar-refractivity contribution in [1.29, 1.82) is 0 Å². The van der Waals surface area contributed by atoms with Crippen LogP contribution in [0.1, 0.15) is 42.8 Å². The number of hydrogen-bond donors (Lipinski definition) is 2. The standard InChI is InChI=1S/C14H12F6N4O2/c1-12(25,14(18,19)20)11-24-23-10(26-11)9-7(21)4-6(13(15,16)17)8(22-9)5-2-3-5/h4-5,25H,2-3,21H2,1H3. The molecule has 0 spiro atoms. The second-order valence-corrected chi connectivity index (χ2v) is 6.11. The van der Waals surface area contributed by atoms with Crippen molar-refractivity contribution in [3.8, 4) is 11.6 Å². The van der Waals surface area contributed by atoms with E-state index in [-0.39, 0.29) is 11.4 Å². The summed E-state index contributed by atoms with van der Waals surface area (Å²) in [6, 6.07) is 0.641. The first-order valence-electron chi connectivity index (χ1n) is 7.33. The van der Waals surface area contributed by atoms with Crippen molar-refractivity contribution in [2.45, 2.75) is 43.6 Å². The smallest absolute Gasteiger partial charge is 0.416 e. The Kier molecular flexibility index (Phi) is 3.94. The summed E-state index contributed by atoms with van der Waals surface area (Å²) < 4.78 is 82.7. The lowest BCUT2D eigenvalue weighted by molar-refractivity contribution is -0.266. The molecule has 0 aliphatic heterocycles. The minimum Gasteiger partial charge on any atom is -0.416 e. The zero-order chi connectivity index (χ0) is 19.5. The van der Waals surface area contributed by atoms with Crippen molar-refractivity contribution in [1.82, 2.24) is 15.2 Å². The Morgan fingerprint density at radius 3 is 2.27 bits per heavy atom. The van der Waals surface area contributed by atoms with Crippen LogP contribution in [0, 0.1) is 0 Å². The number of aromatic nitrogens is 3. The Bertz CT molecular complexity index is 839. The van der Waals surface area contributed by atoms with Crippen LogP contribution in [-0.4, -0.2) is 26.5 Å². The summed E-state index contributed by atoms with van der Waals surface area (Å²) in [5.41, 5.74) is 0.00440. The molecule has 26 heavy (non-hydrogen) atoms. The molecule has 2 heterocycles. The van der Waals surface area contributed by atoms with Gasteiger partial charge in [0.2, 0.25) is 5.60 Å². The van der Waals surface area contributed by atoms with Crippen LogP contribution < -0.4 is 5.73 Å². The average molecular weight is 382 g/mol. The number of nitrogens with zero attached hydrogens (tertiary/aromatic N) is 3. The summed E-state index contributed by atoms with van der Waals surface area (Å²) >= 11 is 0. The number of alkyl halides is 6. The van der Waals surface area contributed by atoms with Crippen LogP contribution in [0.5, 0.6) is 0 Å². The predicted octanol–water partition coefficient (Wildman–Crippen LogP) is 3.38. The van der Waals surface area contributed by atoms with E-state index in [1.165, 1.54) is 0 Å². The van der Waals surface area contributed by atoms with Gasteiger partial charge in [-0.15, -0.1) is 10.2 Å². The fourth-order valence-electron chi connectivity index (χ4n) is 2.25. The minimum atomic E-state index is -5.10. The van der Waals surface area contributed by atoms with Gasteiger partial charge in [-0.25, -0.2) is 4.98 Å². The summed E-state index contributed by atoms with van der Waals surface area (Å²) in [6.07, 6.45) is -8.79. The highest BCUT2D eigenvalue weighted by molar-refractivity contribution is 5.67. The fourth-order valence-corrected chi connectivity index (χ4v) is 2.25. The maximum atomic E-state index is 13.1. The average Bonchev–Trinajstić information content (AvgIpc) is 3.21. The highest BCUT2D eigenvalue weighted by Gasteiger charge is 2.55. The predicted molar refractivity (Wildman–Crippen MR) is 74.5 cm³/mol. The van der Waals surface area contributed by atoms with E-state index in [1.54, 1.807) is 0 Å². The van der Waals surface area contributed by atoms with Crippen LogP contribution in [0.4, 0.5) is 32.0 Å². The maximum Gasteiger partial charge on any atom is 0.426 e. The van der Waals surface area contributed by atoms with Crippen LogP contribution in [0.2, 0.25) is 0 Å². The van der Waals surface area contributed by atoms with E-state index < -0.39 is 46.9 Å². The van der Waals surface area contributed by atoms with Crippen molar-refractivity contribution in [3.63, 3.8) is 0 Å². The number of anilines is 1. The summed E-state index contributed by atoms with van der Waals surface area (Å²) in [5, 5.41) is 16.0. The summed E-state index contributed by atoms with van der Waals surface area (Å²) in [5.74, 6) is -2.21. The maximum absolute atomic E-state index is 13.1. The fraction of sp³-hybridized carbons (Fsp3) is 0.500. The first kappa shape index (κ1) is 18.4. The van der Waals surface area contributed by atoms with E-state index in [0.29, 0.717) is 25.8 Å². The van der Waals surface area contributed by atoms with Crippen LogP contribution in [0.3, 0.4) is 0 Å². The van der Waals surface area contributed by atoms with Gasteiger partial charge in [-0.3, -0.25) is 0 Å². The molecule has 2 aromatic heterocycles. The molecule has 0 saturated heterocycles. The molecule has 142 valence electrons. The molecule has 0 amide bonds. The molecular weight excluding hydrogens is 370 g/mol. The lowest BCUT2D eigenvalue weighted by Gasteiger charge is -2.21. The largest absolute Gasteiger partial charge is 0.426 e. The third-order valence-electron chi connectivity index (χ3n) is 3.95. The Balaban J connectivity index is 2.07. The molecule has 0 radical (unpaired) electrons. The molecule has 1 aliphatic rings. The first-order chi connectivity index (χ1) is 11.8. The Hall–Kier alpha value is -2.37. The molecule has 1 fully saturated rings. The number of aliphatic hydroxyl groups is 1. The lowest BCUT2D eigenvalue weighted by atomic mass is 10.1. The third-order valence-corrected chi connectivity index (χ3v) is 3.95. The highest BCUT2D eigenvalue weighted by Crippen LogP contribution is 2.47. The number of hydrogen-bond acceptors (Lipinski definition) is 6. The minimum absolute atomic E-state index is 0.274. The molecule has 3 rings (SSSR count). The van der Waals surface area contributed by atoms with Gasteiger partial charge < -0.3 is 15.3 Å². The van der Waals surface area contributed by atoms with Crippen LogP contribution in [-0.2, 0) is 11.8 Å². The van der Waals surface area contributed by atoms with Gasteiger partial charge in [0.05, 0.1) is 16.9 Å². The quantitative estimate of drug-likeness (QED) is 0.790.